The minimum absolute atomic E-state index is 0.0265. The molecule has 5 heteroatoms. The normalized spacial score (nSPS) is 39.7. The number of carbonyl (C=O) groups is 2. The maximum atomic E-state index is 11.4. The van der Waals surface area contributed by atoms with E-state index in [-0.39, 0.29) is 28.1 Å². The smallest absolute Gasteiger partial charge is 0.240 e. The van der Waals surface area contributed by atoms with Crippen LogP contribution in [0.3, 0.4) is 0 Å². The van der Waals surface area contributed by atoms with Crippen molar-refractivity contribution in [3.63, 3.8) is 0 Å². The molecule has 3 unspecified atom stereocenters. The van der Waals surface area contributed by atoms with Crippen molar-refractivity contribution in [1.82, 2.24) is 4.90 Å². The molecular weight excluding hydrogens is 254 g/mol. The molecule has 0 spiro atoms. The highest BCUT2D eigenvalue weighted by atomic mass is 79.9. The first kappa shape index (κ1) is 9.52. The number of hydrogen-bond donors (Lipinski definition) is 0. The van der Waals surface area contributed by atoms with Crippen molar-refractivity contribution in [2.24, 2.45) is 5.92 Å². The van der Waals surface area contributed by atoms with Gasteiger partial charge in [-0.1, -0.05) is 22.9 Å². The van der Waals surface area contributed by atoms with Gasteiger partial charge in [0.2, 0.25) is 5.91 Å². The van der Waals surface area contributed by atoms with Crippen LogP contribution in [0.5, 0.6) is 0 Å². The Kier molecular flexibility index (Phi) is 2.40. The van der Waals surface area contributed by atoms with E-state index < -0.39 is 0 Å². The quantitative estimate of drug-likeness (QED) is 0.422. The largest absolute Gasteiger partial charge is 0.323 e. The first-order chi connectivity index (χ1) is 6.16. The van der Waals surface area contributed by atoms with Gasteiger partial charge in [-0.3, -0.25) is 4.79 Å². The minimum Gasteiger partial charge on any atom is -0.323 e. The van der Waals surface area contributed by atoms with Crippen molar-refractivity contribution in [3.8, 4) is 0 Å². The highest BCUT2D eigenvalue weighted by molar-refractivity contribution is 9.10. The number of hydrogen-bond acceptors (Lipinski definition) is 3. The average Bonchev–Trinajstić information content (AvgIpc) is 2.56. The van der Waals surface area contributed by atoms with Gasteiger partial charge in [-0.05, 0) is 0 Å². The third-order valence-corrected chi connectivity index (χ3v) is 5.25. The SMILES string of the molecule is CC(C=O)C1CSC2[C@@H](Br)C(=O)N12. The number of β-lactam (4-membered cyclic amide) rings is 1. The number of rotatable bonds is 2. The van der Waals surface area contributed by atoms with Gasteiger partial charge in [-0.15, -0.1) is 11.8 Å². The molecule has 3 nitrogen and oxygen atoms in total. The summed E-state index contributed by atoms with van der Waals surface area (Å²) in [6, 6.07) is 0.119. The molecule has 0 aliphatic carbocycles. The van der Waals surface area contributed by atoms with Gasteiger partial charge < -0.3 is 9.69 Å². The van der Waals surface area contributed by atoms with Gasteiger partial charge in [-0.2, -0.15) is 0 Å². The molecule has 2 aliphatic heterocycles. The topological polar surface area (TPSA) is 37.4 Å². The van der Waals surface area contributed by atoms with E-state index >= 15 is 0 Å². The lowest BCUT2D eigenvalue weighted by Crippen LogP contribution is -2.61. The van der Waals surface area contributed by atoms with Crippen molar-refractivity contribution in [3.05, 3.63) is 0 Å². The fraction of sp³-hybridized carbons (Fsp3) is 0.750. The molecule has 13 heavy (non-hydrogen) atoms. The van der Waals surface area contributed by atoms with Crippen LogP contribution >= 0.6 is 27.7 Å². The molecule has 0 N–H and O–H groups in total. The van der Waals surface area contributed by atoms with Crippen LogP contribution in [-0.2, 0) is 9.59 Å². The summed E-state index contributed by atoms with van der Waals surface area (Å²) in [6.45, 7) is 1.87. The van der Waals surface area contributed by atoms with E-state index in [9.17, 15) is 9.59 Å². The maximum Gasteiger partial charge on any atom is 0.240 e. The molecule has 2 aliphatic rings. The van der Waals surface area contributed by atoms with E-state index in [1.165, 1.54) is 0 Å². The van der Waals surface area contributed by atoms with Crippen LogP contribution in [0.2, 0.25) is 0 Å². The Balaban J connectivity index is 2.10. The molecule has 0 aromatic carbocycles. The molecule has 0 saturated carbocycles. The fourth-order valence-electron chi connectivity index (χ4n) is 1.74. The lowest BCUT2D eigenvalue weighted by Gasteiger charge is -2.42. The van der Waals surface area contributed by atoms with Gasteiger partial charge in [-0.25, -0.2) is 0 Å². The monoisotopic (exact) mass is 263 g/mol. The van der Waals surface area contributed by atoms with Crippen molar-refractivity contribution < 1.29 is 9.59 Å². The van der Waals surface area contributed by atoms with Crippen LogP contribution in [0.4, 0.5) is 0 Å². The Hall–Kier alpha value is -0.0300. The molecule has 0 bridgehead atoms. The molecule has 2 saturated heterocycles. The molecule has 4 atom stereocenters. The number of alkyl halides is 1. The van der Waals surface area contributed by atoms with Crippen LogP contribution in [0.1, 0.15) is 6.92 Å². The number of thioether (sulfide) groups is 1. The van der Waals surface area contributed by atoms with Crippen LogP contribution in [-0.4, -0.2) is 39.1 Å². The molecule has 72 valence electrons. The van der Waals surface area contributed by atoms with Gasteiger partial charge in [0.15, 0.2) is 0 Å². The highest BCUT2D eigenvalue weighted by Gasteiger charge is 2.54. The van der Waals surface area contributed by atoms with E-state index in [0.717, 1.165) is 12.0 Å². The summed E-state index contributed by atoms with van der Waals surface area (Å²) in [5.74, 6) is 0.980. The van der Waals surface area contributed by atoms with Crippen LogP contribution in [0.15, 0.2) is 0 Å². The molecule has 2 rings (SSSR count). The van der Waals surface area contributed by atoms with E-state index in [1.807, 2.05) is 11.8 Å². The van der Waals surface area contributed by atoms with E-state index in [4.69, 9.17) is 0 Å². The van der Waals surface area contributed by atoms with E-state index in [2.05, 4.69) is 15.9 Å². The van der Waals surface area contributed by atoms with Gasteiger partial charge in [0.25, 0.3) is 0 Å². The number of fused-ring (bicyclic) bond motifs is 1. The van der Waals surface area contributed by atoms with Crippen molar-refractivity contribution in [1.29, 1.82) is 0 Å². The number of aldehydes is 1. The van der Waals surface area contributed by atoms with E-state index in [0.29, 0.717) is 0 Å². The Morgan fingerprint density at radius 3 is 3.08 bits per heavy atom. The Labute approximate surface area is 89.4 Å². The summed E-state index contributed by atoms with van der Waals surface area (Å²) in [6.07, 6.45) is 0.933. The summed E-state index contributed by atoms with van der Waals surface area (Å²) >= 11 is 5.09. The zero-order chi connectivity index (χ0) is 9.59. The summed E-state index contributed by atoms with van der Waals surface area (Å²) in [5.41, 5.74) is 0. The van der Waals surface area contributed by atoms with Crippen molar-refractivity contribution >= 4 is 39.9 Å². The highest BCUT2D eigenvalue weighted by Crippen LogP contribution is 2.44. The predicted octanol–water partition coefficient (Wildman–Crippen LogP) is 0.869. The standard InChI is InChI=1S/C8H10BrNO2S/c1-4(2-11)5-3-13-8-6(9)7(12)10(5)8/h2,4-6,8H,3H2,1H3/t4?,5?,6-,8?/m0/s1. The van der Waals surface area contributed by atoms with Gasteiger partial charge >= 0.3 is 0 Å². The molecule has 2 fully saturated rings. The minimum atomic E-state index is -0.0403. The molecule has 0 aromatic heterocycles. The average molecular weight is 264 g/mol. The second-order valence-corrected chi connectivity index (χ2v) is 5.57. The van der Waals surface area contributed by atoms with Gasteiger partial charge in [0.1, 0.15) is 11.1 Å². The Bertz CT molecular complexity index is 261. The Morgan fingerprint density at radius 1 is 1.77 bits per heavy atom. The van der Waals surface area contributed by atoms with Gasteiger partial charge in [0, 0.05) is 11.7 Å². The fourth-order valence-corrected chi connectivity index (χ4v) is 4.25. The van der Waals surface area contributed by atoms with Crippen LogP contribution in [0, 0.1) is 5.92 Å². The second kappa shape index (κ2) is 3.28. The molecule has 0 aromatic rings. The van der Waals surface area contributed by atoms with Crippen molar-refractivity contribution in [2.45, 2.75) is 23.2 Å². The zero-order valence-electron chi connectivity index (χ0n) is 7.14. The lowest BCUT2D eigenvalue weighted by atomic mass is 10.00. The summed E-state index contributed by atoms with van der Waals surface area (Å²) < 4.78 is 0. The van der Waals surface area contributed by atoms with Crippen LogP contribution in [0.25, 0.3) is 0 Å². The third-order valence-electron chi connectivity index (χ3n) is 2.63. The zero-order valence-corrected chi connectivity index (χ0v) is 9.55. The number of carbonyl (C=O) groups excluding carboxylic acids is 2. The molecule has 0 radical (unpaired) electrons. The van der Waals surface area contributed by atoms with Gasteiger partial charge in [0.05, 0.1) is 11.4 Å². The summed E-state index contributed by atoms with van der Waals surface area (Å²) in [7, 11) is 0. The molecular formula is C8H10BrNO2S. The first-order valence-electron chi connectivity index (χ1n) is 4.20. The molecule has 2 heterocycles. The predicted molar refractivity (Wildman–Crippen MR) is 54.8 cm³/mol. The third kappa shape index (κ3) is 1.24. The Morgan fingerprint density at radius 2 is 2.46 bits per heavy atom. The summed E-state index contributed by atoms with van der Waals surface area (Å²) in [5, 5.41) is 0.264. The first-order valence-corrected chi connectivity index (χ1v) is 6.16. The van der Waals surface area contributed by atoms with Crippen LogP contribution < -0.4 is 0 Å². The number of halogens is 1. The summed E-state index contributed by atoms with van der Waals surface area (Å²) in [4.78, 5) is 23.8. The molecule has 1 amide bonds. The lowest BCUT2D eigenvalue weighted by molar-refractivity contribution is -0.143. The maximum absolute atomic E-state index is 11.4. The number of amides is 1. The second-order valence-electron chi connectivity index (χ2n) is 3.43. The van der Waals surface area contributed by atoms with E-state index in [1.54, 1.807) is 11.8 Å². The number of nitrogens with zero attached hydrogens (tertiary/aromatic N) is 1. The van der Waals surface area contributed by atoms with Crippen molar-refractivity contribution in [2.75, 3.05) is 5.75 Å².